The fourth-order valence-corrected chi connectivity index (χ4v) is 3.90. The van der Waals surface area contributed by atoms with Gasteiger partial charge >= 0.3 is 0 Å². The summed E-state index contributed by atoms with van der Waals surface area (Å²) >= 11 is 13.0. The zero-order valence-corrected chi connectivity index (χ0v) is 21.5. The van der Waals surface area contributed by atoms with Gasteiger partial charge in [0.1, 0.15) is 18.2 Å². The normalized spacial score (nSPS) is 10.9. The van der Waals surface area contributed by atoms with Crippen LogP contribution in [0.2, 0.25) is 5.02 Å². The molecule has 0 aromatic heterocycles. The van der Waals surface area contributed by atoms with Crippen molar-refractivity contribution in [3.05, 3.63) is 91.3 Å². The van der Waals surface area contributed by atoms with Gasteiger partial charge in [-0.1, -0.05) is 51.8 Å². The van der Waals surface area contributed by atoms with Crippen molar-refractivity contribution in [1.29, 1.82) is 5.26 Å². The SMILES string of the molecule is CCOc1cc(/C=C(\C#N)C(=O)Nc2ccccc2Cl)cc(Br)c1OCc1ccc(Br)cc1. The maximum atomic E-state index is 12.6. The molecule has 0 spiro atoms. The fraction of sp³-hybridized carbons (Fsp3) is 0.120. The van der Waals surface area contributed by atoms with Crippen LogP contribution in [0.5, 0.6) is 11.5 Å². The fourth-order valence-electron chi connectivity index (χ4n) is 2.88. The summed E-state index contributed by atoms with van der Waals surface area (Å²) in [5.41, 5.74) is 1.96. The molecule has 0 bridgehead atoms. The number of rotatable bonds is 8. The summed E-state index contributed by atoms with van der Waals surface area (Å²) in [6.07, 6.45) is 1.48. The van der Waals surface area contributed by atoms with E-state index in [2.05, 4.69) is 37.2 Å². The van der Waals surface area contributed by atoms with Crippen molar-refractivity contribution >= 4 is 61.1 Å². The van der Waals surface area contributed by atoms with Crippen LogP contribution in [0.4, 0.5) is 5.69 Å². The van der Waals surface area contributed by atoms with Gasteiger partial charge in [-0.15, -0.1) is 0 Å². The minimum absolute atomic E-state index is 0.0761. The van der Waals surface area contributed by atoms with Crippen molar-refractivity contribution in [3.63, 3.8) is 0 Å². The Morgan fingerprint density at radius 2 is 1.85 bits per heavy atom. The lowest BCUT2D eigenvalue weighted by Gasteiger charge is -2.15. The van der Waals surface area contributed by atoms with Gasteiger partial charge in [0.15, 0.2) is 11.5 Å². The second kappa shape index (κ2) is 11.9. The Kier molecular flexibility index (Phi) is 8.95. The highest BCUT2D eigenvalue weighted by atomic mass is 79.9. The summed E-state index contributed by atoms with van der Waals surface area (Å²) in [6, 6.07) is 20.1. The lowest BCUT2D eigenvalue weighted by atomic mass is 10.1. The number of hydrogen-bond acceptors (Lipinski definition) is 4. The van der Waals surface area contributed by atoms with E-state index in [9.17, 15) is 10.1 Å². The van der Waals surface area contributed by atoms with E-state index in [0.717, 1.165) is 10.0 Å². The van der Waals surface area contributed by atoms with E-state index < -0.39 is 5.91 Å². The van der Waals surface area contributed by atoms with Crippen LogP contribution in [0.3, 0.4) is 0 Å². The largest absolute Gasteiger partial charge is 0.490 e. The maximum absolute atomic E-state index is 12.6. The first-order chi connectivity index (χ1) is 15.9. The Morgan fingerprint density at radius 1 is 1.12 bits per heavy atom. The van der Waals surface area contributed by atoms with E-state index in [1.165, 1.54) is 6.08 Å². The number of carbonyl (C=O) groups is 1. The first-order valence-corrected chi connectivity index (χ1v) is 11.9. The lowest BCUT2D eigenvalue weighted by Crippen LogP contribution is -2.13. The van der Waals surface area contributed by atoms with Gasteiger partial charge in [0, 0.05) is 4.47 Å². The number of anilines is 1. The predicted molar refractivity (Wildman–Crippen MR) is 137 cm³/mol. The second-order valence-corrected chi connectivity index (χ2v) is 8.96. The summed E-state index contributed by atoms with van der Waals surface area (Å²) in [5.74, 6) is 0.477. The molecule has 3 aromatic rings. The molecule has 168 valence electrons. The van der Waals surface area contributed by atoms with Crippen molar-refractivity contribution in [2.24, 2.45) is 0 Å². The van der Waals surface area contributed by atoms with Crippen LogP contribution < -0.4 is 14.8 Å². The number of halogens is 3. The molecule has 0 fully saturated rings. The highest BCUT2D eigenvalue weighted by Crippen LogP contribution is 2.38. The number of benzene rings is 3. The Balaban J connectivity index is 1.85. The standard InChI is InChI=1S/C25H19Br2ClN2O3/c1-2-32-23-13-17(11-18(14-29)25(31)30-22-6-4-3-5-21(22)28)12-20(27)24(23)33-15-16-7-9-19(26)10-8-16/h3-13H,2,15H2,1H3,(H,30,31)/b18-11+. The van der Waals surface area contributed by atoms with E-state index >= 15 is 0 Å². The van der Waals surface area contributed by atoms with E-state index in [-0.39, 0.29) is 5.57 Å². The van der Waals surface area contributed by atoms with E-state index in [0.29, 0.717) is 45.5 Å². The summed E-state index contributed by atoms with van der Waals surface area (Å²) in [7, 11) is 0. The molecular formula is C25H19Br2ClN2O3. The average molecular weight is 591 g/mol. The summed E-state index contributed by atoms with van der Waals surface area (Å²) in [5, 5.41) is 12.6. The van der Waals surface area contributed by atoms with Crippen LogP contribution in [-0.2, 0) is 11.4 Å². The molecule has 5 nitrogen and oxygen atoms in total. The van der Waals surface area contributed by atoms with Gasteiger partial charge in [0.05, 0.1) is 21.8 Å². The molecule has 0 radical (unpaired) electrons. The van der Waals surface area contributed by atoms with Gasteiger partial charge in [0.25, 0.3) is 5.91 Å². The quantitative estimate of drug-likeness (QED) is 0.219. The zero-order chi connectivity index (χ0) is 23.8. The van der Waals surface area contributed by atoms with Gasteiger partial charge in [0.2, 0.25) is 0 Å². The summed E-state index contributed by atoms with van der Waals surface area (Å²) < 4.78 is 13.4. The lowest BCUT2D eigenvalue weighted by molar-refractivity contribution is -0.112. The van der Waals surface area contributed by atoms with Crippen molar-refractivity contribution < 1.29 is 14.3 Å². The Labute approximate surface area is 214 Å². The average Bonchev–Trinajstić information content (AvgIpc) is 2.79. The smallest absolute Gasteiger partial charge is 0.266 e. The molecule has 0 unspecified atom stereocenters. The first-order valence-electron chi connectivity index (χ1n) is 9.92. The molecule has 33 heavy (non-hydrogen) atoms. The van der Waals surface area contributed by atoms with Crippen LogP contribution in [0.15, 0.2) is 75.2 Å². The molecular weight excluding hydrogens is 572 g/mol. The first kappa shape index (κ1) is 24.8. The number of amides is 1. The van der Waals surface area contributed by atoms with Gasteiger partial charge in [-0.25, -0.2) is 0 Å². The molecule has 8 heteroatoms. The summed E-state index contributed by atoms with van der Waals surface area (Å²) in [6.45, 7) is 2.64. The Hall–Kier alpha value is -2.79. The topological polar surface area (TPSA) is 71.3 Å². The second-order valence-electron chi connectivity index (χ2n) is 6.78. The molecule has 0 atom stereocenters. The Morgan fingerprint density at radius 3 is 2.52 bits per heavy atom. The maximum Gasteiger partial charge on any atom is 0.266 e. The molecule has 3 aromatic carbocycles. The number of nitriles is 1. The zero-order valence-electron chi connectivity index (χ0n) is 17.6. The molecule has 0 saturated carbocycles. The summed E-state index contributed by atoms with van der Waals surface area (Å²) in [4.78, 5) is 12.6. The van der Waals surface area contributed by atoms with Crippen LogP contribution >= 0.6 is 43.5 Å². The minimum Gasteiger partial charge on any atom is -0.490 e. The molecule has 0 aliphatic rings. The number of nitrogens with zero attached hydrogens (tertiary/aromatic N) is 1. The van der Waals surface area contributed by atoms with Crippen LogP contribution in [0, 0.1) is 11.3 Å². The molecule has 1 N–H and O–H groups in total. The third-order valence-electron chi connectivity index (χ3n) is 4.43. The minimum atomic E-state index is -0.560. The van der Waals surface area contributed by atoms with Crippen molar-refractivity contribution in [2.75, 3.05) is 11.9 Å². The van der Waals surface area contributed by atoms with E-state index in [1.54, 1.807) is 36.4 Å². The molecule has 0 aliphatic heterocycles. The van der Waals surface area contributed by atoms with Gasteiger partial charge in [-0.2, -0.15) is 5.26 Å². The van der Waals surface area contributed by atoms with Crippen molar-refractivity contribution in [1.82, 2.24) is 0 Å². The van der Waals surface area contributed by atoms with Crippen molar-refractivity contribution in [3.8, 4) is 17.6 Å². The van der Waals surface area contributed by atoms with Crippen LogP contribution in [0.1, 0.15) is 18.1 Å². The van der Waals surface area contributed by atoms with Gasteiger partial charge < -0.3 is 14.8 Å². The Bertz CT molecular complexity index is 1220. The molecule has 0 heterocycles. The number of hydrogen-bond donors (Lipinski definition) is 1. The third-order valence-corrected chi connectivity index (χ3v) is 5.87. The molecule has 3 rings (SSSR count). The molecule has 1 amide bonds. The predicted octanol–water partition coefficient (Wildman–Crippen LogP) is 7.39. The highest BCUT2D eigenvalue weighted by molar-refractivity contribution is 9.10. The molecule has 0 aliphatic carbocycles. The third kappa shape index (κ3) is 6.84. The number of para-hydroxylation sites is 1. The van der Waals surface area contributed by atoms with Crippen LogP contribution in [0.25, 0.3) is 6.08 Å². The molecule has 0 saturated heterocycles. The monoisotopic (exact) mass is 588 g/mol. The number of nitrogens with one attached hydrogen (secondary N) is 1. The number of carbonyl (C=O) groups excluding carboxylic acids is 1. The van der Waals surface area contributed by atoms with Crippen LogP contribution in [-0.4, -0.2) is 12.5 Å². The number of ether oxygens (including phenoxy) is 2. The van der Waals surface area contributed by atoms with Crippen molar-refractivity contribution in [2.45, 2.75) is 13.5 Å². The van der Waals surface area contributed by atoms with Gasteiger partial charge in [-0.3, -0.25) is 4.79 Å². The van der Waals surface area contributed by atoms with E-state index in [1.807, 2.05) is 37.3 Å². The van der Waals surface area contributed by atoms with Gasteiger partial charge in [-0.05, 0) is 76.5 Å². The highest BCUT2D eigenvalue weighted by Gasteiger charge is 2.15. The van der Waals surface area contributed by atoms with E-state index in [4.69, 9.17) is 21.1 Å².